The van der Waals surface area contributed by atoms with E-state index in [1.807, 2.05) is 18.2 Å². The molecule has 0 radical (unpaired) electrons. The van der Waals surface area contributed by atoms with Gasteiger partial charge in [0.25, 0.3) is 5.91 Å². The highest BCUT2D eigenvalue weighted by Crippen LogP contribution is 2.25. The highest BCUT2D eigenvalue weighted by atomic mass is 32.2. The van der Waals surface area contributed by atoms with Crippen molar-refractivity contribution in [3.63, 3.8) is 0 Å². The van der Waals surface area contributed by atoms with Gasteiger partial charge in [-0.3, -0.25) is 4.79 Å². The van der Waals surface area contributed by atoms with Crippen LogP contribution in [0.5, 0.6) is 0 Å². The Hall–Kier alpha value is -3.41. The molecule has 1 aliphatic rings. The monoisotopic (exact) mass is 434 g/mol. The zero-order valence-electron chi connectivity index (χ0n) is 17.1. The Labute approximate surface area is 181 Å². The van der Waals surface area contributed by atoms with E-state index in [0.29, 0.717) is 18.7 Å². The van der Waals surface area contributed by atoms with Crippen molar-refractivity contribution >= 4 is 15.9 Å². The van der Waals surface area contributed by atoms with Gasteiger partial charge in [0.2, 0.25) is 10.0 Å². The Bertz CT molecular complexity index is 1250. The van der Waals surface area contributed by atoms with Crippen LogP contribution in [0.25, 0.3) is 0 Å². The minimum absolute atomic E-state index is 0.128. The summed E-state index contributed by atoms with van der Waals surface area (Å²) in [4.78, 5) is 21.8. The number of aromatic amines is 1. The van der Waals surface area contributed by atoms with Crippen LogP contribution in [0, 0.1) is 11.8 Å². The third-order valence-electron chi connectivity index (χ3n) is 5.20. The fourth-order valence-electron chi connectivity index (χ4n) is 3.48. The predicted molar refractivity (Wildman–Crippen MR) is 116 cm³/mol. The van der Waals surface area contributed by atoms with Crippen molar-refractivity contribution in [1.29, 1.82) is 0 Å². The number of nitrogens with one attached hydrogen (secondary N) is 2. The zero-order valence-corrected chi connectivity index (χ0v) is 17.9. The second-order valence-electron chi connectivity index (χ2n) is 7.26. The average Bonchev–Trinajstić information content (AvgIpc) is 3.45. The lowest BCUT2D eigenvalue weighted by Gasteiger charge is -2.15. The number of aryl methyl sites for hydroxylation is 1. The fraction of sp³-hybridized carbons (Fsp3) is 0.217. The lowest BCUT2D eigenvalue weighted by molar-refractivity contribution is 0.0751. The van der Waals surface area contributed by atoms with E-state index in [2.05, 4.69) is 26.5 Å². The predicted octanol–water partition coefficient (Wildman–Crippen LogP) is 2.46. The second kappa shape index (κ2) is 8.76. The maximum Gasteiger partial charge on any atom is 0.254 e. The van der Waals surface area contributed by atoms with Gasteiger partial charge in [-0.25, -0.2) is 18.1 Å². The average molecular weight is 435 g/mol. The first-order valence-electron chi connectivity index (χ1n) is 9.87. The summed E-state index contributed by atoms with van der Waals surface area (Å²) < 4.78 is 26.0. The Morgan fingerprint density at radius 3 is 2.65 bits per heavy atom. The van der Waals surface area contributed by atoms with Gasteiger partial charge in [-0.2, -0.15) is 0 Å². The van der Waals surface area contributed by atoms with E-state index >= 15 is 0 Å². The maximum absolute atomic E-state index is 12.9. The number of imidazole rings is 1. The molecule has 8 heteroatoms. The molecule has 3 aromatic rings. The van der Waals surface area contributed by atoms with Gasteiger partial charge in [0.1, 0.15) is 0 Å². The van der Waals surface area contributed by atoms with Gasteiger partial charge in [0.15, 0.2) is 0 Å². The maximum atomic E-state index is 12.9. The van der Waals surface area contributed by atoms with Crippen molar-refractivity contribution < 1.29 is 13.2 Å². The van der Waals surface area contributed by atoms with Gasteiger partial charge in [0.05, 0.1) is 11.2 Å². The summed E-state index contributed by atoms with van der Waals surface area (Å²) in [5.74, 6) is 6.24. The van der Waals surface area contributed by atoms with E-state index < -0.39 is 10.0 Å². The molecule has 2 N–H and O–H groups in total. The molecule has 0 bridgehead atoms. The van der Waals surface area contributed by atoms with Crippen molar-refractivity contribution in [2.24, 2.45) is 0 Å². The Kier molecular flexibility index (Phi) is 5.89. The molecule has 0 saturated heterocycles. The number of hydrogen-bond donors (Lipinski definition) is 2. The number of benzene rings is 2. The molecular weight excluding hydrogens is 412 g/mol. The zero-order chi connectivity index (χ0) is 21.8. The summed E-state index contributed by atoms with van der Waals surface area (Å²) in [6, 6.07) is 12.0. The number of carbonyl (C=O) groups is 1. The van der Waals surface area contributed by atoms with Gasteiger partial charge in [-0.05, 0) is 61.0 Å². The number of nitrogens with zero attached hydrogens (tertiary/aromatic N) is 2. The molecular formula is C23H22N4O3S. The highest BCUT2D eigenvalue weighted by molar-refractivity contribution is 7.89. The lowest BCUT2D eigenvalue weighted by Crippen LogP contribution is -2.25. The van der Waals surface area contributed by atoms with E-state index in [4.69, 9.17) is 0 Å². The summed E-state index contributed by atoms with van der Waals surface area (Å²) in [7, 11) is -2.17. The third-order valence-corrected chi connectivity index (χ3v) is 6.63. The molecule has 1 aromatic heterocycles. The SMILES string of the molecule is CNS(=O)(=O)c1ccc(C(=O)N2Cc3ccc(C#CCCc4cnc[nH]4)cc3C2)cc1. The number of rotatable bonds is 5. The molecule has 7 nitrogen and oxygen atoms in total. The van der Waals surface area contributed by atoms with Crippen LogP contribution >= 0.6 is 0 Å². The number of hydrogen-bond acceptors (Lipinski definition) is 4. The second-order valence-corrected chi connectivity index (χ2v) is 9.14. The van der Waals surface area contributed by atoms with Gasteiger partial charge in [0, 0.05) is 42.5 Å². The van der Waals surface area contributed by atoms with E-state index in [0.717, 1.165) is 35.2 Å². The van der Waals surface area contributed by atoms with E-state index in [9.17, 15) is 13.2 Å². The Balaban J connectivity index is 1.41. The number of carbonyl (C=O) groups excluding carboxylic acids is 1. The van der Waals surface area contributed by atoms with Gasteiger partial charge in [-0.1, -0.05) is 17.9 Å². The molecule has 0 saturated carbocycles. The molecule has 0 unspecified atom stereocenters. The molecule has 0 fully saturated rings. The number of amides is 1. The number of sulfonamides is 1. The number of fused-ring (bicyclic) bond motifs is 1. The molecule has 0 spiro atoms. The molecule has 0 atom stereocenters. The van der Waals surface area contributed by atoms with E-state index in [1.165, 1.54) is 19.2 Å². The summed E-state index contributed by atoms with van der Waals surface area (Å²) in [5, 5.41) is 0. The fourth-order valence-corrected chi connectivity index (χ4v) is 4.21. The van der Waals surface area contributed by atoms with Crippen LogP contribution in [0.1, 0.15) is 39.2 Å². The number of aromatic nitrogens is 2. The van der Waals surface area contributed by atoms with Crippen LogP contribution in [0.4, 0.5) is 0 Å². The first kappa shape index (κ1) is 20.8. The number of H-pyrrole nitrogens is 1. The summed E-state index contributed by atoms with van der Waals surface area (Å²) in [6.45, 7) is 1.03. The Morgan fingerprint density at radius 1 is 1.16 bits per heavy atom. The first-order valence-corrected chi connectivity index (χ1v) is 11.4. The molecule has 31 heavy (non-hydrogen) atoms. The first-order chi connectivity index (χ1) is 15.0. The van der Waals surface area contributed by atoms with Crippen molar-refractivity contribution in [2.75, 3.05) is 7.05 Å². The minimum atomic E-state index is -3.52. The summed E-state index contributed by atoms with van der Waals surface area (Å²) in [5.41, 5.74) is 4.64. The van der Waals surface area contributed by atoms with Crippen molar-refractivity contribution in [3.05, 3.63) is 82.9 Å². The van der Waals surface area contributed by atoms with Gasteiger partial charge in [-0.15, -0.1) is 0 Å². The van der Waals surface area contributed by atoms with Crippen LogP contribution in [-0.4, -0.2) is 36.2 Å². The van der Waals surface area contributed by atoms with Crippen molar-refractivity contribution in [1.82, 2.24) is 19.6 Å². The van der Waals surface area contributed by atoms with Crippen molar-refractivity contribution in [3.8, 4) is 11.8 Å². The van der Waals surface area contributed by atoms with Crippen LogP contribution < -0.4 is 4.72 Å². The molecule has 0 aliphatic carbocycles. The summed E-state index contributed by atoms with van der Waals surface area (Å²) >= 11 is 0. The van der Waals surface area contributed by atoms with Crippen molar-refractivity contribution in [2.45, 2.75) is 30.8 Å². The van der Waals surface area contributed by atoms with Gasteiger partial charge < -0.3 is 9.88 Å². The largest absolute Gasteiger partial charge is 0.348 e. The molecule has 1 amide bonds. The topological polar surface area (TPSA) is 95.2 Å². The molecule has 2 aromatic carbocycles. The summed E-state index contributed by atoms with van der Waals surface area (Å²) in [6.07, 6.45) is 5.03. The standard InChI is InChI=1S/C23H22N4O3S/c1-24-31(29,30)22-10-8-18(9-11-22)23(28)27-14-19-7-6-17(12-20(19)15-27)4-2-3-5-21-13-25-16-26-21/h6-13,16,24H,3,5,14-15H2,1H3,(H,25,26). The third kappa shape index (κ3) is 4.68. The molecule has 4 rings (SSSR count). The molecule has 2 heterocycles. The molecule has 158 valence electrons. The molecule has 1 aliphatic heterocycles. The van der Waals surface area contributed by atoms with Crippen LogP contribution in [-0.2, 0) is 29.5 Å². The minimum Gasteiger partial charge on any atom is -0.348 e. The smallest absolute Gasteiger partial charge is 0.254 e. The van der Waals surface area contributed by atoms with Crippen LogP contribution in [0.15, 0.2) is 59.9 Å². The highest BCUT2D eigenvalue weighted by Gasteiger charge is 2.24. The Morgan fingerprint density at radius 2 is 1.94 bits per heavy atom. The van der Waals surface area contributed by atoms with E-state index in [-0.39, 0.29) is 10.8 Å². The van der Waals surface area contributed by atoms with Crippen LogP contribution in [0.3, 0.4) is 0 Å². The normalized spacial score (nSPS) is 12.9. The quantitative estimate of drug-likeness (QED) is 0.603. The van der Waals surface area contributed by atoms with Gasteiger partial charge >= 0.3 is 0 Å². The lowest BCUT2D eigenvalue weighted by atomic mass is 10.1. The van der Waals surface area contributed by atoms with Crippen LogP contribution in [0.2, 0.25) is 0 Å². The van der Waals surface area contributed by atoms with E-state index in [1.54, 1.807) is 29.6 Å².